The van der Waals surface area contributed by atoms with Gasteiger partial charge in [-0.25, -0.2) is 26.3 Å². The van der Waals surface area contributed by atoms with E-state index < -0.39 is 31.5 Å². The Morgan fingerprint density at radius 2 is 1.14 bits per heavy atom. The van der Waals surface area contributed by atoms with Gasteiger partial charge in [0.1, 0.15) is 0 Å². The molecule has 84 valence electrons. The van der Waals surface area contributed by atoms with Crippen LogP contribution in [-0.4, -0.2) is 31.5 Å². The van der Waals surface area contributed by atoms with E-state index in [4.69, 9.17) is 0 Å². The maximum absolute atomic E-state index is 11.8. The third kappa shape index (κ3) is 2.98. The molecule has 0 unspecified atom stereocenters. The summed E-state index contributed by atoms with van der Waals surface area (Å²) in [6, 6.07) is 0. The van der Waals surface area contributed by atoms with E-state index in [0.29, 0.717) is 0 Å². The highest BCUT2D eigenvalue weighted by Gasteiger charge is 2.64. The second-order valence-corrected chi connectivity index (χ2v) is 2.44. The van der Waals surface area contributed by atoms with Crippen LogP contribution in [0.25, 0.3) is 0 Å². The largest absolute Gasteiger partial charge is 0.443 e. The Balaban J connectivity index is 4.67. The van der Waals surface area contributed by atoms with Gasteiger partial charge in [0.2, 0.25) is 0 Å². The molecule has 0 aliphatic carbocycles. The van der Waals surface area contributed by atoms with Crippen molar-refractivity contribution < 1.29 is 39.5 Å². The van der Waals surface area contributed by atoms with E-state index in [2.05, 4.69) is 0 Å². The molecule has 0 fully saturated rings. The highest BCUT2D eigenvalue weighted by atomic mass is 19.4. The Hall–Kier alpha value is -0.565. The predicted octanol–water partition coefficient (Wildman–Crippen LogP) is 2.44. The number of halogens is 9. The molecule has 0 radical (unpaired) electrons. The predicted molar refractivity (Wildman–Crippen MR) is 29.1 cm³/mol. The lowest BCUT2D eigenvalue weighted by molar-refractivity contribution is -0.248. The van der Waals surface area contributed by atoms with Crippen molar-refractivity contribution in [3.05, 3.63) is 0 Å². The molecule has 0 heterocycles. The first kappa shape index (κ1) is 13.4. The van der Waals surface area contributed by atoms with E-state index in [1.54, 1.807) is 0 Å². The molecule has 0 N–H and O–H groups in total. The summed E-state index contributed by atoms with van der Waals surface area (Å²) in [5.41, 5.74) is 0. The summed E-state index contributed by atoms with van der Waals surface area (Å²) in [4.78, 5) is 0. The van der Waals surface area contributed by atoms with Crippen LogP contribution in [0.5, 0.6) is 0 Å². The van der Waals surface area contributed by atoms with Crippen LogP contribution >= 0.6 is 0 Å². The van der Waals surface area contributed by atoms with Gasteiger partial charge in [-0.15, -0.1) is 0 Å². The first-order valence-electron chi connectivity index (χ1n) is 3.01. The number of hydrogen-bond donors (Lipinski definition) is 0. The average molecular weight is 232 g/mol. The minimum atomic E-state index is -6.26. The zero-order chi connectivity index (χ0) is 11.8. The van der Waals surface area contributed by atoms with Crippen molar-refractivity contribution in [2.24, 2.45) is 0 Å². The molecule has 0 aromatic carbocycles. The van der Waals surface area contributed by atoms with Crippen molar-refractivity contribution in [3.8, 4) is 0 Å². The molecule has 0 aliphatic rings. The second-order valence-electron chi connectivity index (χ2n) is 2.44. The van der Waals surface area contributed by atoms with Gasteiger partial charge in [-0.1, -0.05) is 0 Å². The lowest BCUT2D eigenvalue weighted by Crippen LogP contribution is -2.52. The van der Waals surface area contributed by atoms with Crippen LogP contribution in [-0.2, 0) is 0 Å². The lowest BCUT2D eigenvalue weighted by Gasteiger charge is -2.23. The van der Waals surface area contributed by atoms with Crippen molar-refractivity contribution in [2.45, 2.75) is 24.2 Å². The Kier molecular flexibility index (Phi) is 3.40. The summed E-state index contributed by atoms with van der Waals surface area (Å²) in [6.45, 7) is 0. The molecule has 0 atom stereocenters. The van der Waals surface area contributed by atoms with Gasteiger partial charge in [0.15, 0.2) is 0 Å². The summed E-state index contributed by atoms with van der Waals surface area (Å²) in [7, 11) is -3.25. The van der Waals surface area contributed by atoms with E-state index in [1.165, 1.54) is 0 Å². The topological polar surface area (TPSA) is 0 Å². The Morgan fingerprint density at radius 3 is 1.36 bits per heavy atom. The molecule has 0 aromatic heterocycles. The maximum Gasteiger partial charge on any atom is 0.443 e. The van der Waals surface area contributed by atoms with E-state index in [0.717, 1.165) is 0 Å². The fourth-order valence-electron chi connectivity index (χ4n) is 0.473. The highest BCUT2D eigenvalue weighted by molar-refractivity contribution is 6.42. The highest BCUT2D eigenvalue weighted by Crippen LogP contribution is 2.38. The molecule has 0 bridgehead atoms. The van der Waals surface area contributed by atoms with Gasteiger partial charge in [-0.3, -0.25) is 0 Å². The first-order chi connectivity index (χ1) is 5.90. The molecule has 0 aliphatic heterocycles. The molecule has 0 amide bonds. The molecule has 0 saturated carbocycles. The molecular weight excluding hydrogens is 230 g/mol. The fourth-order valence-corrected chi connectivity index (χ4v) is 0.473. The SMILES string of the molecule is FC(F)C(F)(F)BC(F)(F)C(F)(F)F. The van der Waals surface area contributed by atoms with Gasteiger partial charge >= 0.3 is 19.3 Å². The lowest BCUT2D eigenvalue weighted by atomic mass is 9.63. The maximum atomic E-state index is 11.8. The van der Waals surface area contributed by atoms with Gasteiger partial charge in [0, 0.05) is 0 Å². The van der Waals surface area contributed by atoms with Gasteiger partial charge in [-0.2, -0.15) is 13.2 Å². The van der Waals surface area contributed by atoms with Crippen LogP contribution in [0, 0.1) is 0 Å². The number of hydrogen-bond acceptors (Lipinski definition) is 0. The standard InChI is InChI=1S/C4H2BF9/c6-1(7)2(8,9)5-3(10,11)4(12,13)14/h1,5H. The Morgan fingerprint density at radius 1 is 0.786 bits per heavy atom. The number of alkyl halides is 9. The zero-order valence-corrected chi connectivity index (χ0v) is 6.19. The molecule has 0 nitrogen and oxygen atoms in total. The smallest absolute Gasteiger partial charge is 0.211 e. The van der Waals surface area contributed by atoms with E-state index >= 15 is 0 Å². The zero-order valence-electron chi connectivity index (χ0n) is 6.19. The van der Waals surface area contributed by atoms with E-state index in [-0.39, 0.29) is 0 Å². The second kappa shape index (κ2) is 3.54. The summed E-state index contributed by atoms with van der Waals surface area (Å²) < 4.78 is 104. The summed E-state index contributed by atoms with van der Waals surface area (Å²) in [6.07, 6.45) is -10.8. The van der Waals surface area contributed by atoms with Crippen LogP contribution in [0.2, 0.25) is 0 Å². The molecule has 0 rings (SSSR count). The van der Waals surface area contributed by atoms with Crippen LogP contribution in [0.4, 0.5) is 39.5 Å². The van der Waals surface area contributed by atoms with Crippen molar-refractivity contribution in [3.63, 3.8) is 0 Å². The van der Waals surface area contributed by atoms with Gasteiger partial charge < -0.3 is 0 Å². The van der Waals surface area contributed by atoms with Crippen molar-refractivity contribution in [1.29, 1.82) is 0 Å². The molecule has 10 heteroatoms. The van der Waals surface area contributed by atoms with Crippen LogP contribution in [0.3, 0.4) is 0 Å². The van der Waals surface area contributed by atoms with Gasteiger partial charge in [0.05, 0.1) is 0 Å². The first-order valence-corrected chi connectivity index (χ1v) is 3.01. The van der Waals surface area contributed by atoms with Gasteiger partial charge in [-0.05, 0) is 0 Å². The normalized spacial score (nSPS) is 14.7. The third-order valence-electron chi connectivity index (χ3n) is 1.19. The van der Waals surface area contributed by atoms with Crippen molar-refractivity contribution in [1.82, 2.24) is 0 Å². The minimum Gasteiger partial charge on any atom is -0.211 e. The molecule has 0 spiro atoms. The summed E-state index contributed by atoms with van der Waals surface area (Å²) in [5, 5.41) is 0. The molecular formula is C4H2BF9. The molecule has 14 heavy (non-hydrogen) atoms. The average Bonchev–Trinajstić information content (AvgIpc) is 1.80. The van der Waals surface area contributed by atoms with Crippen LogP contribution < -0.4 is 0 Å². The van der Waals surface area contributed by atoms with Gasteiger partial charge in [0.25, 0.3) is 12.2 Å². The Labute approximate surface area is 72.3 Å². The van der Waals surface area contributed by atoms with Crippen molar-refractivity contribution >= 4 is 7.28 Å². The quantitative estimate of drug-likeness (QED) is 0.517. The fraction of sp³-hybridized carbons (Fsp3) is 1.00. The monoisotopic (exact) mass is 232 g/mol. The van der Waals surface area contributed by atoms with E-state index in [9.17, 15) is 39.5 Å². The molecule has 0 saturated heterocycles. The summed E-state index contributed by atoms with van der Waals surface area (Å²) in [5.74, 6) is -11.2. The number of rotatable bonds is 3. The third-order valence-corrected chi connectivity index (χ3v) is 1.19. The van der Waals surface area contributed by atoms with Crippen LogP contribution in [0.15, 0.2) is 0 Å². The van der Waals surface area contributed by atoms with E-state index in [1.807, 2.05) is 0 Å². The summed E-state index contributed by atoms with van der Waals surface area (Å²) >= 11 is 0. The van der Waals surface area contributed by atoms with Crippen molar-refractivity contribution in [2.75, 3.05) is 0 Å². The molecule has 0 aromatic rings. The van der Waals surface area contributed by atoms with Crippen LogP contribution in [0.1, 0.15) is 0 Å². The minimum absolute atomic E-state index is 3.25. The Bertz CT molecular complexity index is 193.